The molecule has 1 aromatic carbocycles. The Balaban J connectivity index is 2.42. The normalized spacial score (nSPS) is 15.1. The van der Waals surface area contributed by atoms with E-state index in [1.807, 2.05) is 0 Å². The summed E-state index contributed by atoms with van der Waals surface area (Å²) in [5.74, 6) is -1.97. The summed E-state index contributed by atoms with van der Waals surface area (Å²) >= 11 is 0. The van der Waals surface area contributed by atoms with Gasteiger partial charge < -0.3 is 5.11 Å². The second-order valence-corrected chi connectivity index (χ2v) is 3.66. The standard InChI is InChI=1S/C12H9NO4/c1-7-5-10(14)13(11(7)15)9-4-2-3-8(6-9)12(16)17/h2-6H,1H3,(H,16,17). The molecule has 1 aromatic rings. The fraction of sp³-hybridized carbons (Fsp3) is 0.0833. The molecule has 0 saturated heterocycles. The van der Waals surface area contributed by atoms with Crippen molar-refractivity contribution in [1.29, 1.82) is 0 Å². The Hall–Kier alpha value is -2.43. The number of carboxylic acid groups (broad SMARTS) is 1. The number of nitrogens with zero attached hydrogens (tertiary/aromatic N) is 1. The van der Waals surface area contributed by atoms with Crippen molar-refractivity contribution < 1.29 is 19.5 Å². The molecule has 0 spiro atoms. The van der Waals surface area contributed by atoms with Crippen molar-refractivity contribution in [3.05, 3.63) is 41.5 Å². The second kappa shape index (κ2) is 3.86. The van der Waals surface area contributed by atoms with Crippen LogP contribution in [0.3, 0.4) is 0 Å². The van der Waals surface area contributed by atoms with Crippen LogP contribution in [0.1, 0.15) is 17.3 Å². The number of rotatable bonds is 2. The first-order valence-electron chi connectivity index (χ1n) is 4.91. The van der Waals surface area contributed by atoms with Crippen molar-refractivity contribution in [2.24, 2.45) is 0 Å². The first-order valence-corrected chi connectivity index (χ1v) is 4.91. The predicted octanol–water partition coefficient (Wildman–Crippen LogP) is 1.20. The van der Waals surface area contributed by atoms with Crippen molar-refractivity contribution in [1.82, 2.24) is 0 Å². The highest BCUT2D eigenvalue weighted by atomic mass is 16.4. The van der Waals surface area contributed by atoms with Crippen molar-refractivity contribution in [3.8, 4) is 0 Å². The van der Waals surface area contributed by atoms with E-state index in [1.54, 1.807) is 6.92 Å². The number of benzene rings is 1. The van der Waals surface area contributed by atoms with Gasteiger partial charge >= 0.3 is 5.97 Å². The predicted molar refractivity (Wildman–Crippen MR) is 59.7 cm³/mol. The van der Waals surface area contributed by atoms with E-state index in [0.29, 0.717) is 5.57 Å². The van der Waals surface area contributed by atoms with Crippen LogP contribution in [0, 0.1) is 0 Å². The van der Waals surface area contributed by atoms with Crippen molar-refractivity contribution in [2.45, 2.75) is 6.92 Å². The van der Waals surface area contributed by atoms with Crippen LogP contribution in [-0.2, 0) is 9.59 Å². The van der Waals surface area contributed by atoms with Crippen LogP contribution >= 0.6 is 0 Å². The minimum atomic E-state index is -1.10. The molecule has 5 nitrogen and oxygen atoms in total. The molecule has 2 amide bonds. The lowest BCUT2D eigenvalue weighted by Gasteiger charge is -2.14. The summed E-state index contributed by atoms with van der Waals surface area (Å²) in [7, 11) is 0. The first-order chi connectivity index (χ1) is 8.00. The highest BCUT2D eigenvalue weighted by molar-refractivity contribution is 6.30. The first kappa shape index (κ1) is 11.1. The highest BCUT2D eigenvalue weighted by Crippen LogP contribution is 2.23. The Morgan fingerprint density at radius 2 is 2.00 bits per heavy atom. The summed E-state index contributed by atoms with van der Waals surface area (Å²) in [4.78, 5) is 35.0. The van der Waals surface area contributed by atoms with Gasteiger partial charge in [0.2, 0.25) is 0 Å². The third-order valence-electron chi connectivity index (χ3n) is 2.45. The summed E-state index contributed by atoms with van der Waals surface area (Å²) in [6.07, 6.45) is 1.23. The molecule has 1 heterocycles. The quantitative estimate of drug-likeness (QED) is 0.776. The Morgan fingerprint density at radius 3 is 2.53 bits per heavy atom. The van der Waals surface area contributed by atoms with Crippen LogP contribution in [0.15, 0.2) is 35.9 Å². The lowest BCUT2D eigenvalue weighted by Crippen LogP contribution is -2.30. The maximum absolute atomic E-state index is 11.7. The second-order valence-electron chi connectivity index (χ2n) is 3.66. The topological polar surface area (TPSA) is 74.7 Å². The molecule has 1 aliphatic rings. The SMILES string of the molecule is CC1=CC(=O)N(c2cccc(C(=O)O)c2)C1=O. The number of carboxylic acids is 1. The zero-order chi connectivity index (χ0) is 12.6. The number of carbonyl (C=O) groups excluding carboxylic acids is 2. The molecule has 0 bridgehead atoms. The van der Waals surface area contributed by atoms with E-state index in [2.05, 4.69) is 0 Å². The molecule has 0 aliphatic carbocycles. The molecule has 0 atom stereocenters. The van der Waals surface area contributed by atoms with Gasteiger partial charge in [0.05, 0.1) is 11.3 Å². The van der Waals surface area contributed by atoms with Gasteiger partial charge in [0, 0.05) is 11.6 Å². The minimum Gasteiger partial charge on any atom is -0.478 e. The zero-order valence-electron chi connectivity index (χ0n) is 9.01. The Labute approximate surface area is 97.0 Å². The molecule has 1 aliphatic heterocycles. The lowest BCUT2D eigenvalue weighted by atomic mass is 10.2. The molecular formula is C12H9NO4. The van der Waals surface area contributed by atoms with Gasteiger partial charge in [0.1, 0.15) is 0 Å². The zero-order valence-corrected chi connectivity index (χ0v) is 9.01. The average Bonchev–Trinajstić information content (AvgIpc) is 2.53. The van der Waals surface area contributed by atoms with Gasteiger partial charge in [-0.15, -0.1) is 0 Å². The Morgan fingerprint density at radius 1 is 1.29 bits per heavy atom. The summed E-state index contributed by atoms with van der Waals surface area (Å²) in [6, 6.07) is 5.71. The van der Waals surface area contributed by atoms with Crippen molar-refractivity contribution in [3.63, 3.8) is 0 Å². The van der Waals surface area contributed by atoms with Crippen molar-refractivity contribution in [2.75, 3.05) is 4.90 Å². The van der Waals surface area contributed by atoms with Crippen molar-refractivity contribution >= 4 is 23.5 Å². The number of anilines is 1. The molecule has 0 fully saturated rings. The Bertz CT molecular complexity index is 559. The number of hydrogen-bond donors (Lipinski definition) is 1. The number of carbonyl (C=O) groups is 3. The smallest absolute Gasteiger partial charge is 0.335 e. The molecule has 1 N–H and O–H groups in total. The summed E-state index contributed by atoms with van der Waals surface area (Å²) in [5, 5.41) is 8.83. The van der Waals surface area contributed by atoms with E-state index < -0.39 is 17.8 Å². The molecule has 0 saturated carbocycles. The van der Waals surface area contributed by atoms with Crippen LogP contribution in [0.2, 0.25) is 0 Å². The molecule has 2 rings (SSSR count). The maximum Gasteiger partial charge on any atom is 0.335 e. The molecule has 17 heavy (non-hydrogen) atoms. The van der Waals surface area contributed by atoms with E-state index >= 15 is 0 Å². The van der Waals surface area contributed by atoms with Gasteiger partial charge in [-0.05, 0) is 25.1 Å². The summed E-state index contributed by atoms with van der Waals surface area (Å²) in [5.41, 5.74) is 0.649. The third kappa shape index (κ3) is 1.82. The van der Waals surface area contributed by atoms with E-state index in [4.69, 9.17) is 5.11 Å². The molecule has 0 aromatic heterocycles. The van der Waals surface area contributed by atoms with Gasteiger partial charge in [0.25, 0.3) is 11.8 Å². The van der Waals surface area contributed by atoms with E-state index in [9.17, 15) is 14.4 Å². The average molecular weight is 231 g/mol. The van der Waals surface area contributed by atoms with Gasteiger partial charge in [0.15, 0.2) is 0 Å². The van der Waals surface area contributed by atoms with Gasteiger partial charge in [-0.3, -0.25) is 9.59 Å². The number of imide groups is 1. The van der Waals surface area contributed by atoms with E-state index in [0.717, 1.165) is 4.90 Å². The number of hydrogen-bond acceptors (Lipinski definition) is 3. The highest BCUT2D eigenvalue weighted by Gasteiger charge is 2.29. The van der Waals surface area contributed by atoms with Crippen LogP contribution in [0.4, 0.5) is 5.69 Å². The third-order valence-corrected chi connectivity index (χ3v) is 2.45. The number of amides is 2. The fourth-order valence-electron chi connectivity index (χ4n) is 1.61. The van der Waals surface area contributed by atoms with Gasteiger partial charge in [-0.1, -0.05) is 6.07 Å². The van der Waals surface area contributed by atoms with Gasteiger partial charge in [-0.25, -0.2) is 9.69 Å². The van der Waals surface area contributed by atoms with Crippen LogP contribution in [0.5, 0.6) is 0 Å². The van der Waals surface area contributed by atoms with E-state index in [1.165, 1.54) is 30.3 Å². The Kier molecular flexibility index (Phi) is 2.51. The number of aromatic carboxylic acids is 1. The molecule has 86 valence electrons. The van der Waals surface area contributed by atoms with Crippen LogP contribution in [-0.4, -0.2) is 22.9 Å². The van der Waals surface area contributed by atoms with Gasteiger partial charge in [-0.2, -0.15) is 0 Å². The molecular weight excluding hydrogens is 222 g/mol. The summed E-state index contributed by atoms with van der Waals surface area (Å²) < 4.78 is 0. The monoisotopic (exact) mass is 231 g/mol. The largest absolute Gasteiger partial charge is 0.478 e. The molecule has 0 unspecified atom stereocenters. The maximum atomic E-state index is 11.7. The van der Waals surface area contributed by atoms with E-state index in [-0.39, 0.29) is 11.3 Å². The van der Waals surface area contributed by atoms with Crippen LogP contribution in [0.25, 0.3) is 0 Å². The summed E-state index contributed by atoms with van der Waals surface area (Å²) in [6.45, 7) is 1.54. The lowest BCUT2D eigenvalue weighted by molar-refractivity contribution is -0.120. The fourth-order valence-corrected chi connectivity index (χ4v) is 1.61. The van der Waals surface area contributed by atoms with Crippen LogP contribution < -0.4 is 4.90 Å². The molecule has 0 radical (unpaired) electrons. The molecule has 5 heteroatoms. The minimum absolute atomic E-state index is 0.0349.